The monoisotopic (exact) mass is 445 g/mol. The Labute approximate surface area is 183 Å². The molecule has 0 saturated heterocycles. The molecule has 0 aliphatic rings. The van der Waals surface area contributed by atoms with E-state index in [1.165, 1.54) is 18.2 Å². The fourth-order valence-electron chi connectivity index (χ4n) is 2.79. The first-order chi connectivity index (χ1) is 15.3. The first-order valence-corrected chi connectivity index (χ1v) is 9.54. The number of nitro groups is 1. The molecule has 0 heterocycles. The van der Waals surface area contributed by atoms with Crippen LogP contribution in [0.5, 0.6) is 0 Å². The minimum atomic E-state index is -1.42. The number of nitro benzene ring substituents is 1. The summed E-state index contributed by atoms with van der Waals surface area (Å²) in [6.45, 7) is -0.819. The van der Waals surface area contributed by atoms with E-state index in [4.69, 9.17) is 4.74 Å². The molecule has 0 fully saturated rings. The zero-order chi connectivity index (χ0) is 23.5. The molecule has 0 bridgehead atoms. The van der Waals surface area contributed by atoms with Gasteiger partial charge >= 0.3 is 12.1 Å². The van der Waals surface area contributed by atoms with Gasteiger partial charge in [0.15, 0.2) is 0 Å². The number of amides is 2. The summed E-state index contributed by atoms with van der Waals surface area (Å²) in [4.78, 5) is 47.3. The van der Waals surface area contributed by atoms with Crippen molar-refractivity contribution in [3.8, 4) is 0 Å². The first kappa shape index (κ1) is 24.3. The van der Waals surface area contributed by atoms with Gasteiger partial charge in [0.05, 0.1) is 18.6 Å². The Morgan fingerprint density at radius 1 is 1.03 bits per heavy atom. The Bertz CT molecular complexity index is 951. The number of rotatable bonds is 10. The number of esters is 1. The van der Waals surface area contributed by atoms with E-state index in [1.54, 1.807) is 36.4 Å². The molecule has 2 atom stereocenters. The summed E-state index contributed by atoms with van der Waals surface area (Å²) in [7, 11) is 1.10. The average molecular weight is 445 g/mol. The second-order valence-corrected chi connectivity index (χ2v) is 6.62. The van der Waals surface area contributed by atoms with Gasteiger partial charge in [0.25, 0.3) is 5.69 Å². The number of methoxy groups -OCH3 is 1. The summed E-state index contributed by atoms with van der Waals surface area (Å²) in [6, 6.07) is 11.9. The zero-order valence-corrected chi connectivity index (χ0v) is 17.2. The van der Waals surface area contributed by atoms with Crippen LogP contribution in [0.2, 0.25) is 0 Å². The molecule has 0 radical (unpaired) electrons. The van der Waals surface area contributed by atoms with Gasteiger partial charge in [-0.2, -0.15) is 0 Å². The van der Waals surface area contributed by atoms with Crippen molar-refractivity contribution < 1.29 is 33.9 Å². The Kier molecular flexibility index (Phi) is 9.11. The molecule has 2 rings (SSSR count). The van der Waals surface area contributed by atoms with E-state index in [0.717, 1.165) is 12.7 Å². The molecule has 2 aromatic carbocycles. The van der Waals surface area contributed by atoms with Gasteiger partial charge in [-0.15, -0.1) is 0 Å². The number of carbonyl (C=O) groups excluding carboxylic acids is 3. The second-order valence-electron chi connectivity index (χ2n) is 6.62. The van der Waals surface area contributed by atoms with Crippen molar-refractivity contribution in [2.75, 3.05) is 13.7 Å². The summed E-state index contributed by atoms with van der Waals surface area (Å²) in [6.07, 6.45) is -1.18. The molecule has 0 unspecified atom stereocenters. The number of benzene rings is 2. The molecule has 11 heteroatoms. The number of hydrogen-bond acceptors (Lipinski definition) is 8. The van der Waals surface area contributed by atoms with Crippen molar-refractivity contribution in [1.82, 2.24) is 10.6 Å². The van der Waals surface area contributed by atoms with Crippen LogP contribution in [0.25, 0.3) is 0 Å². The SMILES string of the molecule is COC(=O)[C@H](Cc1ccccc1[N+](=O)[O-])NC(=O)[C@H](CO)NC(=O)OCc1ccccc1. The number of hydrogen-bond donors (Lipinski definition) is 3. The molecular weight excluding hydrogens is 422 g/mol. The van der Waals surface area contributed by atoms with Crippen molar-refractivity contribution in [3.05, 3.63) is 75.8 Å². The lowest BCUT2D eigenvalue weighted by Gasteiger charge is -2.21. The quantitative estimate of drug-likeness (QED) is 0.279. The largest absolute Gasteiger partial charge is 0.467 e. The van der Waals surface area contributed by atoms with Crippen molar-refractivity contribution in [1.29, 1.82) is 0 Å². The van der Waals surface area contributed by atoms with E-state index in [0.29, 0.717) is 0 Å². The third kappa shape index (κ3) is 7.06. The van der Waals surface area contributed by atoms with Gasteiger partial charge in [-0.05, 0) is 5.56 Å². The highest BCUT2D eigenvalue weighted by Crippen LogP contribution is 2.19. The lowest BCUT2D eigenvalue weighted by molar-refractivity contribution is -0.385. The molecule has 11 nitrogen and oxygen atoms in total. The number of carbonyl (C=O) groups is 3. The van der Waals surface area contributed by atoms with E-state index in [1.807, 2.05) is 0 Å². The average Bonchev–Trinajstić information content (AvgIpc) is 2.81. The lowest BCUT2D eigenvalue weighted by atomic mass is 10.0. The van der Waals surface area contributed by atoms with Crippen molar-refractivity contribution in [3.63, 3.8) is 0 Å². The standard InChI is InChI=1S/C21H23N3O8/c1-31-20(27)16(11-15-9-5-6-10-18(15)24(29)30)22-19(26)17(12-25)23-21(28)32-13-14-7-3-2-4-8-14/h2-10,16-17,25H,11-13H2,1H3,(H,22,26)(H,23,28)/t16-,17-/m0/s1. The van der Waals surface area contributed by atoms with Crippen LogP contribution < -0.4 is 10.6 Å². The molecule has 0 aromatic heterocycles. The van der Waals surface area contributed by atoms with Crippen LogP contribution in [0, 0.1) is 10.1 Å². The highest BCUT2D eigenvalue weighted by molar-refractivity contribution is 5.90. The number of aliphatic hydroxyl groups excluding tert-OH is 1. The van der Waals surface area contributed by atoms with Crippen LogP contribution in [0.1, 0.15) is 11.1 Å². The minimum Gasteiger partial charge on any atom is -0.467 e. The van der Waals surface area contributed by atoms with Gasteiger partial charge in [-0.3, -0.25) is 14.9 Å². The molecule has 0 spiro atoms. The van der Waals surface area contributed by atoms with E-state index < -0.39 is 41.6 Å². The summed E-state index contributed by atoms with van der Waals surface area (Å²) in [5.74, 6) is -1.74. The van der Waals surface area contributed by atoms with Crippen molar-refractivity contribution in [2.24, 2.45) is 0 Å². The number of para-hydroxylation sites is 1. The number of nitrogens with zero attached hydrogens (tertiary/aromatic N) is 1. The zero-order valence-electron chi connectivity index (χ0n) is 17.2. The summed E-state index contributed by atoms with van der Waals surface area (Å²) in [5, 5.41) is 25.3. The van der Waals surface area contributed by atoms with Crippen LogP contribution >= 0.6 is 0 Å². The Morgan fingerprint density at radius 2 is 1.69 bits per heavy atom. The van der Waals surface area contributed by atoms with E-state index in [-0.39, 0.29) is 24.3 Å². The normalized spacial score (nSPS) is 12.2. The maximum Gasteiger partial charge on any atom is 0.408 e. The predicted octanol–water partition coefficient (Wildman–Crippen LogP) is 1.08. The summed E-state index contributed by atoms with van der Waals surface area (Å²) in [5.41, 5.74) is 0.698. The summed E-state index contributed by atoms with van der Waals surface area (Å²) < 4.78 is 9.68. The molecule has 0 aliphatic heterocycles. The maximum atomic E-state index is 12.5. The third-order valence-corrected chi connectivity index (χ3v) is 4.42. The smallest absolute Gasteiger partial charge is 0.408 e. The third-order valence-electron chi connectivity index (χ3n) is 4.42. The first-order valence-electron chi connectivity index (χ1n) is 9.54. The molecule has 2 aromatic rings. The van der Waals surface area contributed by atoms with Gasteiger partial charge in [0, 0.05) is 18.1 Å². The Morgan fingerprint density at radius 3 is 2.31 bits per heavy atom. The molecule has 32 heavy (non-hydrogen) atoms. The van der Waals surface area contributed by atoms with Crippen LogP contribution in [0.15, 0.2) is 54.6 Å². The topological polar surface area (TPSA) is 157 Å². The molecule has 170 valence electrons. The van der Waals surface area contributed by atoms with Gasteiger partial charge in [-0.1, -0.05) is 48.5 Å². The van der Waals surface area contributed by atoms with Gasteiger partial charge < -0.3 is 25.2 Å². The number of nitrogens with one attached hydrogen (secondary N) is 2. The van der Waals surface area contributed by atoms with E-state index >= 15 is 0 Å². The van der Waals surface area contributed by atoms with Gasteiger partial charge in [0.2, 0.25) is 5.91 Å². The molecule has 0 aliphatic carbocycles. The molecule has 3 N–H and O–H groups in total. The van der Waals surface area contributed by atoms with Crippen LogP contribution in [0.4, 0.5) is 10.5 Å². The fraction of sp³-hybridized carbons (Fsp3) is 0.286. The number of aliphatic hydroxyl groups is 1. The predicted molar refractivity (Wildman–Crippen MR) is 111 cm³/mol. The van der Waals surface area contributed by atoms with Gasteiger partial charge in [-0.25, -0.2) is 9.59 Å². The molecule has 0 saturated carbocycles. The van der Waals surface area contributed by atoms with E-state index in [2.05, 4.69) is 15.4 Å². The lowest BCUT2D eigenvalue weighted by Crippen LogP contribution is -2.54. The number of ether oxygens (including phenoxy) is 2. The van der Waals surface area contributed by atoms with Crippen molar-refractivity contribution >= 4 is 23.7 Å². The highest BCUT2D eigenvalue weighted by Gasteiger charge is 2.29. The van der Waals surface area contributed by atoms with Gasteiger partial charge in [0.1, 0.15) is 18.7 Å². The van der Waals surface area contributed by atoms with E-state index in [9.17, 15) is 29.6 Å². The number of alkyl carbamates (subject to hydrolysis) is 1. The fourth-order valence-corrected chi connectivity index (χ4v) is 2.79. The second kappa shape index (κ2) is 12.0. The van der Waals surface area contributed by atoms with Crippen LogP contribution in [-0.2, 0) is 32.1 Å². The molecule has 2 amide bonds. The van der Waals surface area contributed by atoms with Crippen LogP contribution in [0.3, 0.4) is 0 Å². The summed E-state index contributed by atoms with van der Waals surface area (Å²) >= 11 is 0. The Balaban J connectivity index is 2.03. The molecular formula is C21H23N3O8. The maximum absolute atomic E-state index is 12.5. The Hall–Kier alpha value is -3.99. The van der Waals surface area contributed by atoms with Crippen LogP contribution in [-0.4, -0.2) is 53.8 Å². The minimum absolute atomic E-state index is 0.0467. The highest BCUT2D eigenvalue weighted by atomic mass is 16.6. The van der Waals surface area contributed by atoms with Crippen molar-refractivity contribution in [2.45, 2.75) is 25.1 Å².